The lowest BCUT2D eigenvalue weighted by Gasteiger charge is -2.31. The van der Waals surface area contributed by atoms with Gasteiger partial charge in [0.2, 0.25) is 0 Å². The highest BCUT2D eigenvalue weighted by Crippen LogP contribution is 2.36. The molecule has 1 aliphatic carbocycles. The molecule has 0 radical (unpaired) electrons. The quantitative estimate of drug-likeness (QED) is 0.410. The molecule has 1 fully saturated rings. The second-order valence-electron chi connectivity index (χ2n) is 7.94. The molecule has 0 saturated heterocycles. The Balaban J connectivity index is 1.40. The minimum Gasteiger partial charge on any atom is -0.494 e. The zero-order valence-electron chi connectivity index (χ0n) is 17.0. The van der Waals surface area contributed by atoms with Crippen molar-refractivity contribution in [3.8, 4) is 16.3 Å². The van der Waals surface area contributed by atoms with Crippen LogP contribution < -0.4 is 4.74 Å². The van der Waals surface area contributed by atoms with Gasteiger partial charge in [0.25, 0.3) is 0 Å². The third kappa shape index (κ3) is 6.31. The molecule has 2 unspecified atom stereocenters. The topological polar surface area (TPSA) is 35.0 Å². The van der Waals surface area contributed by atoms with E-state index in [-0.39, 0.29) is 0 Å². The number of nitrogens with zero attached hydrogens (tertiary/aromatic N) is 2. The van der Waals surface area contributed by atoms with Crippen molar-refractivity contribution in [2.75, 3.05) is 6.61 Å². The van der Waals surface area contributed by atoms with Gasteiger partial charge in [-0.1, -0.05) is 69.6 Å². The number of unbranched alkanes of at least 4 members (excludes halogenated alkanes) is 2. The molecule has 2 atom stereocenters. The maximum atomic E-state index is 5.99. The fourth-order valence-corrected chi connectivity index (χ4v) is 5.04. The molecule has 0 bridgehead atoms. The fourth-order valence-electron chi connectivity index (χ4n) is 4.34. The average Bonchev–Trinajstić information content (AvgIpc) is 3.13. The molecule has 27 heavy (non-hydrogen) atoms. The van der Waals surface area contributed by atoms with E-state index in [1.807, 2.05) is 6.92 Å². The predicted octanol–water partition coefficient (Wildman–Crippen LogP) is 7.06. The SMILES string of the molecule is CCCCCC1CCCCC1CCCOc1ccc(-c2nnc(C)s2)cc1. The van der Waals surface area contributed by atoms with Gasteiger partial charge in [-0.15, -0.1) is 10.2 Å². The molecule has 3 rings (SSSR count). The second-order valence-corrected chi connectivity index (χ2v) is 9.12. The summed E-state index contributed by atoms with van der Waals surface area (Å²) in [5, 5.41) is 10.3. The Morgan fingerprint density at radius 1 is 0.963 bits per heavy atom. The van der Waals surface area contributed by atoms with Gasteiger partial charge in [-0.3, -0.25) is 0 Å². The van der Waals surface area contributed by atoms with Crippen molar-refractivity contribution < 1.29 is 4.74 Å². The van der Waals surface area contributed by atoms with Gasteiger partial charge in [0.1, 0.15) is 15.8 Å². The summed E-state index contributed by atoms with van der Waals surface area (Å²) in [6.07, 6.45) is 13.9. The molecule has 3 nitrogen and oxygen atoms in total. The second kappa shape index (κ2) is 10.8. The van der Waals surface area contributed by atoms with Gasteiger partial charge in [0.05, 0.1) is 6.61 Å². The highest BCUT2D eigenvalue weighted by molar-refractivity contribution is 7.14. The molecule has 1 aromatic heterocycles. The molecule has 0 N–H and O–H groups in total. The van der Waals surface area contributed by atoms with Crippen molar-refractivity contribution in [1.82, 2.24) is 10.2 Å². The van der Waals surface area contributed by atoms with E-state index in [9.17, 15) is 0 Å². The van der Waals surface area contributed by atoms with E-state index in [0.29, 0.717) is 0 Å². The van der Waals surface area contributed by atoms with Gasteiger partial charge in [-0.25, -0.2) is 0 Å². The molecular weight excluding hydrogens is 352 g/mol. The van der Waals surface area contributed by atoms with Gasteiger partial charge >= 0.3 is 0 Å². The molecule has 1 aromatic carbocycles. The summed E-state index contributed by atoms with van der Waals surface area (Å²) in [6.45, 7) is 5.12. The number of rotatable bonds is 10. The van der Waals surface area contributed by atoms with Gasteiger partial charge in [0.15, 0.2) is 0 Å². The number of ether oxygens (including phenoxy) is 1. The first-order valence-corrected chi connectivity index (χ1v) is 11.6. The van der Waals surface area contributed by atoms with Crippen LogP contribution in [0, 0.1) is 18.8 Å². The van der Waals surface area contributed by atoms with Gasteiger partial charge < -0.3 is 4.74 Å². The number of benzene rings is 1. The Labute approximate surface area is 168 Å². The van der Waals surface area contributed by atoms with E-state index in [2.05, 4.69) is 41.4 Å². The third-order valence-electron chi connectivity index (χ3n) is 5.86. The first kappa shape index (κ1) is 20.3. The Morgan fingerprint density at radius 2 is 1.67 bits per heavy atom. The largest absolute Gasteiger partial charge is 0.494 e. The Bertz CT molecular complexity index is 667. The minimum absolute atomic E-state index is 0.829. The summed E-state index contributed by atoms with van der Waals surface area (Å²) in [7, 11) is 0. The third-order valence-corrected chi connectivity index (χ3v) is 6.75. The van der Waals surface area contributed by atoms with Crippen molar-refractivity contribution in [3.63, 3.8) is 0 Å². The predicted molar refractivity (Wildman–Crippen MR) is 114 cm³/mol. The van der Waals surface area contributed by atoms with Crippen LogP contribution in [0.4, 0.5) is 0 Å². The normalized spacial score (nSPS) is 19.9. The fraction of sp³-hybridized carbons (Fsp3) is 0.652. The molecule has 2 aromatic rings. The minimum atomic E-state index is 0.829. The van der Waals surface area contributed by atoms with E-state index >= 15 is 0 Å². The number of aryl methyl sites for hydroxylation is 1. The van der Waals surface area contributed by atoms with Crippen molar-refractivity contribution >= 4 is 11.3 Å². The molecule has 0 amide bonds. The van der Waals surface area contributed by atoms with Gasteiger partial charge in [-0.05, 0) is 55.9 Å². The number of hydrogen-bond donors (Lipinski definition) is 0. The van der Waals surface area contributed by atoms with Crippen LogP contribution in [0.5, 0.6) is 5.75 Å². The highest BCUT2D eigenvalue weighted by atomic mass is 32.1. The average molecular weight is 387 g/mol. The summed E-state index contributed by atoms with van der Waals surface area (Å²) in [5.74, 6) is 2.87. The molecule has 1 aliphatic rings. The molecular formula is C23H34N2OS. The Hall–Kier alpha value is -1.42. The van der Waals surface area contributed by atoms with Crippen molar-refractivity contribution in [1.29, 1.82) is 0 Å². The monoisotopic (exact) mass is 386 g/mol. The molecule has 4 heteroatoms. The molecule has 1 saturated carbocycles. The number of aromatic nitrogens is 2. The summed E-state index contributed by atoms with van der Waals surface area (Å²) < 4.78 is 5.99. The lowest BCUT2D eigenvalue weighted by atomic mass is 9.74. The summed E-state index contributed by atoms with van der Waals surface area (Å²) in [4.78, 5) is 0. The van der Waals surface area contributed by atoms with Crippen LogP contribution in [0.1, 0.15) is 76.1 Å². The van der Waals surface area contributed by atoms with E-state index in [0.717, 1.165) is 39.8 Å². The highest BCUT2D eigenvalue weighted by Gasteiger charge is 2.24. The van der Waals surface area contributed by atoms with Crippen molar-refractivity contribution in [2.24, 2.45) is 11.8 Å². The van der Waals surface area contributed by atoms with Crippen molar-refractivity contribution in [2.45, 2.75) is 78.1 Å². The van der Waals surface area contributed by atoms with Crippen LogP contribution in [-0.4, -0.2) is 16.8 Å². The lowest BCUT2D eigenvalue weighted by molar-refractivity contribution is 0.190. The first-order valence-electron chi connectivity index (χ1n) is 10.8. The molecule has 0 aliphatic heterocycles. The number of hydrogen-bond acceptors (Lipinski definition) is 4. The van der Waals surface area contributed by atoms with Crippen LogP contribution in [-0.2, 0) is 0 Å². The van der Waals surface area contributed by atoms with Crippen LogP contribution in [0.2, 0.25) is 0 Å². The lowest BCUT2D eigenvalue weighted by Crippen LogP contribution is -2.20. The maximum Gasteiger partial charge on any atom is 0.147 e. The molecule has 148 valence electrons. The summed E-state index contributed by atoms with van der Waals surface area (Å²) >= 11 is 1.63. The van der Waals surface area contributed by atoms with Crippen LogP contribution in [0.15, 0.2) is 24.3 Å². The van der Waals surface area contributed by atoms with E-state index in [1.165, 1.54) is 64.2 Å². The zero-order chi connectivity index (χ0) is 18.9. The summed E-state index contributed by atoms with van der Waals surface area (Å²) in [5.41, 5.74) is 1.12. The smallest absolute Gasteiger partial charge is 0.147 e. The Morgan fingerprint density at radius 3 is 2.30 bits per heavy atom. The molecule has 0 spiro atoms. The summed E-state index contributed by atoms with van der Waals surface area (Å²) in [6, 6.07) is 8.28. The standard InChI is InChI=1S/C23H34N2OS/c1-3-4-5-9-19-10-6-7-11-20(19)12-8-17-26-22-15-13-21(14-16-22)23-25-24-18(2)27-23/h13-16,19-20H,3-12,17H2,1-2H3. The first-order chi connectivity index (χ1) is 13.3. The van der Waals surface area contributed by atoms with E-state index in [4.69, 9.17) is 4.74 Å². The van der Waals surface area contributed by atoms with E-state index in [1.54, 1.807) is 11.3 Å². The maximum absolute atomic E-state index is 5.99. The molecule has 1 heterocycles. The van der Waals surface area contributed by atoms with E-state index < -0.39 is 0 Å². The van der Waals surface area contributed by atoms with Crippen LogP contribution in [0.25, 0.3) is 10.6 Å². The van der Waals surface area contributed by atoms with Crippen molar-refractivity contribution in [3.05, 3.63) is 29.3 Å². The van der Waals surface area contributed by atoms with Crippen LogP contribution in [0.3, 0.4) is 0 Å². The Kier molecular flexibility index (Phi) is 8.12. The van der Waals surface area contributed by atoms with Gasteiger partial charge in [0, 0.05) is 5.56 Å². The zero-order valence-corrected chi connectivity index (χ0v) is 17.8. The van der Waals surface area contributed by atoms with Crippen LogP contribution >= 0.6 is 11.3 Å². The van der Waals surface area contributed by atoms with Gasteiger partial charge in [-0.2, -0.15) is 0 Å².